The van der Waals surface area contributed by atoms with Crippen LogP contribution in [0.2, 0.25) is 0 Å². The molecule has 100 valence electrons. The van der Waals surface area contributed by atoms with E-state index in [1.165, 1.54) is 44.1 Å². The van der Waals surface area contributed by atoms with Gasteiger partial charge in [-0.05, 0) is 48.5 Å². The molecule has 0 N–H and O–H groups in total. The standard InChI is InChI=1S/C16H26N2/c1-16(2,3)9-14-6-4-13(5-7-14)8-15-10-17-12-18-11-15/h10-14H,4-9H2,1-3H3. The predicted molar refractivity (Wildman–Crippen MR) is 75.3 cm³/mol. The summed E-state index contributed by atoms with van der Waals surface area (Å²) in [6, 6.07) is 0. The molecular formula is C16H26N2. The first-order valence-electron chi connectivity index (χ1n) is 7.27. The van der Waals surface area contributed by atoms with Gasteiger partial charge in [-0.3, -0.25) is 0 Å². The number of aromatic nitrogens is 2. The second-order valence-electron chi connectivity index (χ2n) is 7.10. The fourth-order valence-corrected chi connectivity index (χ4v) is 3.27. The van der Waals surface area contributed by atoms with Gasteiger partial charge in [-0.25, -0.2) is 9.97 Å². The lowest BCUT2D eigenvalue weighted by Gasteiger charge is -2.32. The van der Waals surface area contributed by atoms with Gasteiger partial charge in [0.05, 0.1) is 0 Å². The lowest BCUT2D eigenvalue weighted by Crippen LogP contribution is -2.20. The van der Waals surface area contributed by atoms with E-state index in [4.69, 9.17) is 0 Å². The predicted octanol–water partition coefficient (Wildman–Crippen LogP) is 4.26. The highest BCUT2D eigenvalue weighted by molar-refractivity contribution is 5.03. The monoisotopic (exact) mass is 246 g/mol. The number of hydrogen-bond donors (Lipinski definition) is 0. The maximum absolute atomic E-state index is 4.10. The number of hydrogen-bond acceptors (Lipinski definition) is 2. The minimum atomic E-state index is 0.491. The zero-order valence-corrected chi connectivity index (χ0v) is 12.0. The molecule has 0 radical (unpaired) electrons. The lowest BCUT2D eigenvalue weighted by atomic mass is 9.73. The van der Waals surface area contributed by atoms with E-state index in [-0.39, 0.29) is 0 Å². The van der Waals surface area contributed by atoms with Crippen LogP contribution in [0.25, 0.3) is 0 Å². The Hall–Kier alpha value is -0.920. The van der Waals surface area contributed by atoms with E-state index in [9.17, 15) is 0 Å². The van der Waals surface area contributed by atoms with Gasteiger partial charge in [-0.1, -0.05) is 33.6 Å². The molecule has 2 rings (SSSR count). The zero-order chi connectivity index (χ0) is 13.0. The Balaban J connectivity index is 1.77. The third-order valence-electron chi connectivity index (χ3n) is 4.01. The molecule has 0 unspecified atom stereocenters. The molecule has 0 saturated heterocycles. The quantitative estimate of drug-likeness (QED) is 0.796. The second-order valence-corrected chi connectivity index (χ2v) is 7.10. The van der Waals surface area contributed by atoms with Crippen LogP contribution in [0, 0.1) is 17.3 Å². The van der Waals surface area contributed by atoms with Crippen molar-refractivity contribution in [1.29, 1.82) is 0 Å². The third kappa shape index (κ3) is 4.40. The summed E-state index contributed by atoms with van der Waals surface area (Å²) >= 11 is 0. The maximum atomic E-state index is 4.10. The molecule has 1 heterocycles. The smallest absolute Gasteiger partial charge is 0.115 e. The van der Waals surface area contributed by atoms with E-state index in [0.717, 1.165) is 11.8 Å². The van der Waals surface area contributed by atoms with Crippen molar-refractivity contribution >= 4 is 0 Å². The van der Waals surface area contributed by atoms with E-state index >= 15 is 0 Å². The van der Waals surface area contributed by atoms with Gasteiger partial charge in [0.15, 0.2) is 0 Å². The van der Waals surface area contributed by atoms with Crippen LogP contribution >= 0.6 is 0 Å². The van der Waals surface area contributed by atoms with E-state index < -0.39 is 0 Å². The Labute approximate surface area is 111 Å². The largest absolute Gasteiger partial charge is 0.245 e. The van der Waals surface area contributed by atoms with E-state index in [0.29, 0.717) is 5.41 Å². The van der Waals surface area contributed by atoms with Gasteiger partial charge >= 0.3 is 0 Å². The van der Waals surface area contributed by atoms with Crippen molar-refractivity contribution in [2.24, 2.45) is 17.3 Å². The molecular weight excluding hydrogens is 220 g/mol. The van der Waals surface area contributed by atoms with Crippen LogP contribution in [-0.2, 0) is 6.42 Å². The summed E-state index contributed by atoms with van der Waals surface area (Å²) in [6.07, 6.45) is 13.7. The molecule has 2 nitrogen and oxygen atoms in total. The molecule has 2 heteroatoms. The molecule has 1 saturated carbocycles. The number of nitrogens with zero attached hydrogens (tertiary/aromatic N) is 2. The van der Waals surface area contributed by atoms with Crippen molar-refractivity contribution in [3.8, 4) is 0 Å². The molecule has 1 aromatic heterocycles. The Morgan fingerprint density at radius 2 is 1.56 bits per heavy atom. The summed E-state index contributed by atoms with van der Waals surface area (Å²) in [4.78, 5) is 8.20. The van der Waals surface area contributed by atoms with Gasteiger partial charge < -0.3 is 0 Å². The summed E-state index contributed by atoms with van der Waals surface area (Å²) in [5.41, 5.74) is 1.79. The second kappa shape index (κ2) is 5.81. The summed E-state index contributed by atoms with van der Waals surface area (Å²) in [5.74, 6) is 1.81. The van der Waals surface area contributed by atoms with Crippen LogP contribution in [0.5, 0.6) is 0 Å². The van der Waals surface area contributed by atoms with Crippen LogP contribution < -0.4 is 0 Å². The van der Waals surface area contributed by atoms with E-state index in [1.807, 2.05) is 12.4 Å². The van der Waals surface area contributed by atoms with E-state index in [1.54, 1.807) is 6.33 Å². The van der Waals surface area contributed by atoms with Crippen molar-refractivity contribution in [2.45, 2.75) is 59.3 Å². The summed E-state index contributed by atoms with van der Waals surface area (Å²) in [5, 5.41) is 0. The first-order chi connectivity index (χ1) is 8.53. The van der Waals surface area contributed by atoms with Crippen molar-refractivity contribution < 1.29 is 0 Å². The third-order valence-corrected chi connectivity index (χ3v) is 4.01. The van der Waals surface area contributed by atoms with E-state index in [2.05, 4.69) is 30.7 Å². The molecule has 1 fully saturated rings. The Morgan fingerprint density at radius 1 is 1.00 bits per heavy atom. The van der Waals surface area contributed by atoms with Gasteiger partial charge in [0.1, 0.15) is 6.33 Å². The van der Waals surface area contributed by atoms with Crippen LogP contribution in [-0.4, -0.2) is 9.97 Å². The molecule has 0 aromatic carbocycles. The van der Waals surface area contributed by atoms with Crippen LogP contribution in [0.1, 0.15) is 58.4 Å². The molecule has 0 aliphatic heterocycles. The minimum absolute atomic E-state index is 0.491. The molecule has 1 aromatic rings. The molecule has 0 atom stereocenters. The molecule has 1 aliphatic rings. The average molecular weight is 246 g/mol. The molecule has 18 heavy (non-hydrogen) atoms. The number of rotatable bonds is 3. The Bertz CT molecular complexity index is 345. The van der Waals surface area contributed by atoms with Crippen molar-refractivity contribution in [3.05, 3.63) is 24.3 Å². The molecule has 1 aliphatic carbocycles. The SMILES string of the molecule is CC(C)(C)CC1CCC(Cc2cncnc2)CC1. The molecule has 0 amide bonds. The fourth-order valence-electron chi connectivity index (χ4n) is 3.27. The fraction of sp³-hybridized carbons (Fsp3) is 0.750. The summed E-state index contributed by atoms with van der Waals surface area (Å²) < 4.78 is 0. The van der Waals surface area contributed by atoms with Crippen molar-refractivity contribution in [1.82, 2.24) is 9.97 Å². The van der Waals surface area contributed by atoms with Crippen molar-refractivity contribution in [2.75, 3.05) is 0 Å². The van der Waals surface area contributed by atoms with Gasteiger partial charge in [0.2, 0.25) is 0 Å². The van der Waals surface area contributed by atoms with Crippen LogP contribution in [0.15, 0.2) is 18.7 Å². The van der Waals surface area contributed by atoms with Crippen molar-refractivity contribution in [3.63, 3.8) is 0 Å². The Kier molecular flexibility index (Phi) is 4.36. The first kappa shape index (κ1) is 13.5. The molecule has 0 bridgehead atoms. The van der Waals surface area contributed by atoms with Crippen LogP contribution in [0.4, 0.5) is 0 Å². The highest BCUT2D eigenvalue weighted by atomic mass is 14.8. The summed E-state index contributed by atoms with van der Waals surface area (Å²) in [7, 11) is 0. The Morgan fingerprint density at radius 3 is 2.11 bits per heavy atom. The summed E-state index contributed by atoms with van der Waals surface area (Å²) in [6.45, 7) is 7.08. The highest BCUT2D eigenvalue weighted by Crippen LogP contribution is 2.37. The highest BCUT2D eigenvalue weighted by Gasteiger charge is 2.25. The van der Waals surface area contributed by atoms with Gasteiger partial charge in [0.25, 0.3) is 0 Å². The average Bonchev–Trinajstić information content (AvgIpc) is 2.31. The maximum Gasteiger partial charge on any atom is 0.115 e. The lowest BCUT2D eigenvalue weighted by molar-refractivity contribution is 0.204. The van der Waals surface area contributed by atoms with Crippen LogP contribution in [0.3, 0.4) is 0 Å². The van der Waals surface area contributed by atoms with Gasteiger partial charge in [-0.15, -0.1) is 0 Å². The zero-order valence-electron chi connectivity index (χ0n) is 12.0. The van der Waals surface area contributed by atoms with Gasteiger partial charge in [0, 0.05) is 12.4 Å². The van der Waals surface area contributed by atoms with Gasteiger partial charge in [-0.2, -0.15) is 0 Å². The molecule has 0 spiro atoms. The minimum Gasteiger partial charge on any atom is -0.245 e. The first-order valence-corrected chi connectivity index (χ1v) is 7.27. The normalized spacial score (nSPS) is 25.1. The topological polar surface area (TPSA) is 25.8 Å².